The maximum Gasteiger partial charge on any atom is 0.133 e. The number of nitrogens with zero attached hydrogens (tertiary/aromatic N) is 2. The van der Waals surface area contributed by atoms with E-state index < -0.39 is 0 Å². The van der Waals surface area contributed by atoms with Crippen LogP contribution in [0.1, 0.15) is 43.2 Å². The summed E-state index contributed by atoms with van der Waals surface area (Å²) in [6.45, 7) is 4.97. The Balaban J connectivity index is 2.21. The molecule has 0 atom stereocenters. The molecule has 0 bridgehead atoms. The Kier molecular flexibility index (Phi) is 4.37. The molecule has 17 heavy (non-hydrogen) atoms. The second kappa shape index (κ2) is 6.01. The highest BCUT2D eigenvalue weighted by atomic mass is 15.2. The van der Waals surface area contributed by atoms with Crippen molar-refractivity contribution >= 4 is 5.82 Å². The summed E-state index contributed by atoms with van der Waals surface area (Å²) in [6.07, 6.45) is 8.54. The molecule has 1 aromatic rings. The van der Waals surface area contributed by atoms with Crippen LogP contribution in [0, 0.1) is 6.92 Å². The van der Waals surface area contributed by atoms with Gasteiger partial charge in [0.05, 0.1) is 0 Å². The highest BCUT2D eigenvalue weighted by molar-refractivity contribution is 5.50. The molecule has 0 saturated carbocycles. The highest BCUT2D eigenvalue weighted by Gasteiger charge is 2.14. The minimum atomic E-state index is 0.589. The monoisotopic (exact) mass is 233 g/mol. The molecule has 2 N–H and O–H groups in total. The number of anilines is 1. The Morgan fingerprint density at radius 3 is 2.47 bits per heavy atom. The number of rotatable bonds is 2. The van der Waals surface area contributed by atoms with Gasteiger partial charge in [-0.3, -0.25) is 0 Å². The lowest BCUT2D eigenvalue weighted by Crippen LogP contribution is -2.29. The minimum Gasteiger partial charge on any atom is -0.356 e. The fraction of sp³-hybridized carbons (Fsp3) is 0.643. The SMILES string of the molecule is Cc1ccnc(N2CCCCCCC2)c1CN. The van der Waals surface area contributed by atoms with Crippen molar-refractivity contribution in [1.29, 1.82) is 0 Å². The predicted octanol–water partition coefficient (Wildman–Crippen LogP) is 2.62. The average Bonchev–Trinajstić information content (AvgIpc) is 2.28. The molecule has 2 rings (SSSR count). The van der Waals surface area contributed by atoms with Crippen LogP contribution >= 0.6 is 0 Å². The van der Waals surface area contributed by atoms with Gasteiger partial charge in [0.25, 0.3) is 0 Å². The van der Waals surface area contributed by atoms with Gasteiger partial charge in [-0.1, -0.05) is 19.3 Å². The predicted molar refractivity (Wildman–Crippen MR) is 72.2 cm³/mol. The van der Waals surface area contributed by atoms with Gasteiger partial charge >= 0.3 is 0 Å². The first-order valence-corrected chi connectivity index (χ1v) is 6.72. The van der Waals surface area contributed by atoms with Crippen molar-refractivity contribution in [2.75, 3.05) is 18.0 Å². The summed E-state index contributed by atoms with van der Waals surface area (Å²) in [7, 11) is 0. The normalized spacial score (nSPS) is 17.6. The zero-order valence-corrected chi connectivity index (χ0v) is 10.8. The molecule has 0 spiro atoms. The van der Waals surface area contributed by atoms with Gasteiger partial charge in [0, 0.05) is 31.4 Å². The molecule has 2 heterocycles. The lowest BCUT2D eigenvalue weighted by atomic mass is 10.1. The van der Waals surface area contributed by atoms with Crippen LogP contribution in [0.15, 0.2) is 12.3 Å². The lowest BCUT2D eigenvalue weighted by Gasteiger charge is -2.28. The summed E-state index contributed by atoms with van der Waals surface area (Å²) >= 11 is 0. The number of hydrogen-bond acceptors (Lipinski definition) is 3. The van der Waals surface area contributed by atoms with Gasteiger partial charge < -0.3 is 10.6 Å². The molecule has 1 aromatic heterocycles. The smallest absolute Gasteiger partial charge is 0.133 e. The summed E-state index contributed by atoms with van der Waals surface area (Å²) in [5, 5.41) is 0. The Morgan fingerprint density at radius 1 is 1.18 bits per heavy atom. The molecule has 0 radical (unpaired) electrons. The minimum absolute atomic E-state index is 0.589. The van der Waals surface area contributed by atoms with Gasteiger partial charge in [-0.2, -0.15) is 0 Å². The van der Waals surface area contributed by atoms with Gasteiger partial charge in [0.1, 0.15) is 5.82 Å². The topological polar surface area (TPSA) is 42.2 Å². The Bertz CT molecular complexity index is 354. The molecule has 1 aliphatic heterocycles. The summed E-state index contributed by atoms with van der Waals surface area (Å²) in [5.74, 6) is 1.12. The van der Waals surface area contributed by atoms with Gasteiger partial charge in [-0.05, 0) is 31.4 Å². The third kappa shape index (κ3) is 2.97. The van der Waals surface area contributed by atoms with E-state index in [1.54, 1.807) is 0 Å². The van der Waals surface area contributed by atoms with Crippen LogP contribution < -0.4 is 10.6 Å². The van der Waals surface area contributed by atoms with Gasteiger partial charge in [-0.25, -0.2) is 4.98 Å². The molecule has 0 unspecified atom stereocenters. The standard InChI is InChI=1S/C14H23N3/c1-12-7-8-16-14(13(12)11-15)17-9-5-3-2-4-6-10-17/h7-8H,2-6,9-11,15H2,1H3. The zero-order valence-electron chi connectivity index (χ0n) is 10.8. The van der Waals surface area contributed by atoms with E-state index in [9.17, 15) is 0 Å². The van der Waals surface area contributed by atoms with Crippen molar-refractivity contribution < 1.29 is 0 Å². The van der Waals surface area contributed by atoms with Crippen molar-refractivity contribution in [3.05, 3.63) is 23.4 Å². The quantitative estimate of drug-likeness (QED) is 0.854. The van der Waals surface area contributed by atoms with Crippen LogP contribution in [0.4, 0.5) is 5.82 Å². The van der Waals surface area contributed by atoms with Crippen molar-refractivity contribution in [1.82, 2.24) is 4.98 Å². The van der Waals surface area contributed by atoms with Crippen LogP contribution in [0.3, 0.4) is 0 Å². The van der Waals surface area contributed by atoms with Crippen LogP contribution in [0.25, 0.3) is 0 Å². The second-order valence-corrected chi connectivity index (χ2v) is 4.89. The van der Waals surface area contributed by atoms with E-state index in [-0.39, 0.29) is 0 Å². The third-order valence-corrected chi connectivity index (χ3v) is 3.63. The van der Waals surface area contributed by atoms with Crippen LogP contribution in [0.2, 0.25) is 0 Å². The maximum absolute atomic E-state index is 5.86. The molecule has 1 saturated heterocycles. The number of aryl methyl sites for hydroxylation is 1. The van der Waals surface area contributed by atoms with Gasteiger partial charge in [0.15, 0.2) is 0 Å². The first kappa shape index (κ1) is 12.4. The third-order valence-electron chi connectivity index (χ3n) is 3.63. The summed E-state index contributed by atoms with van der Waals surface area (Å²) < 4.78 is 0. The average molecular weight is 233 g/mol. The molecule has 0 aliphatic carbocycles. The number of hydrogen-bond donors (Lipinski definition) is 1. The lowest BCUT2D eigenvalue weighted by molar-refractivity contribution is 0.552. The van der Waals surface area contributed by atoms with E-state index in [1.165, 1.54) is 43.2 Å². The molecular weight excluding hydrogens is 210 g/mol. The van der Waals surface area contributed by atoms with E-state index in [4.69, 9.17) is 5.73 Å². The molecule has 0 amide bonds. The zero-order chi connectivity index (χ0) is 12.1. The first-order valence-electron chi connectivity index (χ1n) is 6.72. The molecule has 3 heteroatoms. The molecule has 1 aliphatic rings. The fourth-order valence-electron chi connectivity index (χ4n) is 2.56. The van der Waals surface area contributed by atoms with Gasteiger partial charge in [-0.15, -0.1) is 0 Å². The molecule has 3 nitrogen and oxygen atoms in total. The molecular formula is C14H23N3. The summed E-state index contributed by atoms with van der Waals surface area (Å²) in [4.78, 5) is 6.98. The van der Waals surface area contributed by atoms with Crippen molar-refractivity contribution in [2.24, 2.45) is 5.73 Å². The van der Waals surface area contributed by atoms with Crippen molar-refractivity contribution in [3.63, 3.8) is 0 Å². The molecule has 0 aromatic carbocycles. The number of pyridine rings is 1. The molecule has 1 fully saturated rings. The summed E-state index contributed by atoms with van der Waals surface area (Å²) in [6, 6.07) is 2.05. The number of nitrogens with two attached hydrogens (primary N) is 1. The van der Waals surface area contributed by atoms with Crippen molar-refractivity contribution in [2.45, 2.75) is 45.6 Å². The Labute approximate surface area is 104 Å². The van der Waals surface area contributed by atoms with Gasteiger partial charge in [0.2, 0.25) is 0 Å². The fourth-order valence-corrected chi connectivity index (χ4v) is 2.56. The first-order chi connectivity index (χ1) is 8.33. The largest absolute Gasteiger partial charge is 0.356 e. The van der Waals surface area contributed by atoms with E-state index >= 15 is 0 Å². The Hall–Kier alpha value is -1.09. The van der Waals surface area contributed by atoms with Crippen molar-refractivity contribution in [3.8, 4) is 0 Å². The highest BCUT2D eigenvalue weighted by Crippen LogP contribution is 2.23. The second-order valence-electron chi connectivity index (χ2n) is 4.89. The van der Waals surface area contributed by atoms with Crippen LogP contribution in [-0.4, -0.2) is 18.1 Å². The van der Waals surface area contributed by atoms with Crippen LogP contribution in [-0.2, 0) is 6.54 Å². The van der Waals surface area contributed by atoms with E-state index in [0.717, 1.165) is 18.9 Å². The number of aromatic nitrogens is 1. The van der Waals surface area contributed by atoms with Crippen LogP contribution in [0.5, 0.6) is 0 Å². The maximum atomic E-state index is 5.86. The Morgan fingerprint density at radius 2 is 1.82 bits per heavy atom. The van der Waals surface area contributed by atoms with E-state index in [1.807, 2.05) is 6.20 Å². The summed E-state index contributed by atoms with van der Waals surface area (Å²) in [5.41, 5.74) is 8.34. The molecule has 94 valence electrons. The van der Waals surface area contributed by atoms with E-state index in [0.29, 0.717) is 6.54 Å². The van der Waals surface area contributed by atoms with E-state index in [2.05, 4.69) is 22.9 Å².